The molecule has 0 unspecified atom stereocenters. The largest absolute Gasteiger partial charge is 0.383 e. The molecule has 0 aliphatic carbocycles. The summed E-state index contributed by atoms with van der Waals surface area (Å²) in [6, 6.07) is 3.35. The topological polar surface area (TPSA) is 130 Å². The van der Waals surface area contributed by atoms with Gasteiger partial charge in [-0.15, -0.1) is 0 Å². The zero-order valence-electron chi connectivity index (χ0n) is 16.6. The Morgan fingerprint density at radius 3 is 2.67 bits per heavy atom. The van der Waals surface area contributed by atoms with Crippen molar-refractivity contribution in [2.24, 2.45) is 0 Å². The number of rotatable bonds is 8. The number of H-pyrrole nitrogens is 1. The van der Waals surface area contributed by atoms with Crippen molar-refractivity contribution in [3.8, 4) is 0 Å². The first kappa shape index (κ1) is 23.1. The van der Waals surface area contributed by atoms with Crippen LogP contribution in [-0.4, -0.2) is 35.0 Å². The molecule has 11 heteroatoms. The average molecular weight is 440 g/mol. The van der Waals surface area contributed by atoms with E-state index in [1.807, 2.05) is 6.92 Å². The number of aromatic nitrogens is 2. The summed E-state index contributed by atoms with van der Waals surface area (Å²) >= 11 is 5.84. The van der Waals surface area contributed by atoms with Crippen LogP contribution in [0.3, 0.4) is 0 Å². The van der Waals surface area contributed by atoms with E-state index in [-0.39, 0.29) is 35.1 Å². The van der Waals surface area contributed by atoms with Gasteiger partial charge in [0, 0.05) is 26.6 Å². The van der Waals surface area contributed by atoms with E-state index in [0.717, 1.165) is 23.5 Å². The second-order valence-electron chi connectivity index (χ2n) is 6.58. The minimum Gasteiger partial charge on any atom is -0.383 e. The molecular formula is C19H23ClFN5O4. The molecule has 0 atom stereocenters. The highest BCUT2D eigenvalue weighted by molar-refractivity contribution is 6.33. The number of anilines is 2. The number of hydrogen-bond acceptors (Lipinski definition) is 5. The number of hydrogen-bond donors (Lipinski definition) is 3. The Kier molecular flexibility index (Phi) is 7.76. The third-order valence-corrected chi connectivity index (χ3v) is 4.77. The summed E-state index contributed by atoms with van der Waals surface area (Å²) in [6.07, 6.45) is 1.34. The maximum Gasteiger partial charge on any atom is 0.330 e. The number of halogens is 2. The Labute approximate surface area is 176 Å². The number of nitrogens with zero attached hydrogens (tertiary/aromatic N) is 2. The molecule has 162 valence electrons. The second kappa shape index (κ2) is 10.1. The molecule has 0 saturated heterocycles. The summed E-state index contributed by atoms with van der Waals surface area (Å²) in [4.78, 5) is 52.0. The molecule has 1 aromatic carbocycles. The van der Waals surface area contributed by atoms with Gasteiger partial charge in [0.05, 0.1) is 10.6 Å². The lowest BCUT2D eigenvalue weighted by molar-refractivity contribution is -0.118. The highest BCUT2D eigenvalue weighted by atomic mass is 35.5. The number of amides is 2. The van der Waals surface area contributed by atoms with E-state index < -0.39 is 28.9 Å². The van der Waals surface area contributed by atoms with Crippen LogP contribution in [0.1, 0.15) is 36.5 Å². The quantitative estimate of drug-likeness (QED) is 0.573. The Morgan fingerprint density at radius 1 is 1.33 bits per heavy atom. The van der Waals surface area contributed by atoms with E-state index in [4.69, 9.17) is 17.3 Å². The van der Waals surface area contributed by atoms with Crippen molar-refractivity contribution in [2.45, 2.75) is 32.7 Å². The molecule has 4 N–H and O–H groups in total. The first-order valence-electron chi connectivity index (χ1n) is 9.29. The number of unbranched alkanes of at least 4 members (excludes halogenated alkanes) is 1. The van der Waals surface area contributed by atoms with Crippen LogP contribution in [0.15, 0.2) is 27.8 Å². The van der Waals surface area contributed by atoms with Gasteiger partial charge in [-0.3, -0.25) is 23.9 Å². The Balaban J connectivity index is 2.08. The van der Waals surface area contributed by atoms with Crippen LogP contribution < -0.4 is 27.2 Å². The molecule has 9 nitrogen and oxygen atoms in total. The fraction of sp³-hybridized carbons (Fsp3) is 0.368. The Morgan fingerprint density at radius 2 is 2.03 bits per heavy atom. The van der Waals surface area contributed by atoms with Gasteiger partial charge in [-0.2, -0.15) is 0 Å². The van der Waals surface area contributed by atoms with Crippen molar-refractivity contribution < 1.29 is 14.0 Å². The van der Waals surface area contributed by atoms with E-state index in [9.17, 15) is 23.6 Å². The van der Waals surface area contributed by atoms with Crippen molar-refractivity contribution in [1.82, 2.24) is 14.9 Å². The van der Waals surface area contributed by atoms with Gasteiger partial charge in [0.25, 0.3) is 11.5 Å². The van der Waals surface area contributed by atoms with E-state index in [2.05, 4.69) is 10.3 Å². The number of benzene rings is 1. The second-order valence-corrected chi connectivity index (χ2v) is 6.99. The molecule has 0 spiro atoms. The van der Waals surface area contributed by atoms with Crippen LogP contribution in [0, 0.1) is 5.82 Å². The molecule has 0 saturated carbocycles. The number of carbonyl (C=O) groups is 2. The highest BCUT2D eigenvalue weighted by Crippen LogP contribution is 2.18. The molecular weight excluding hydrogens is 417 g/mol. The molecule has 0 bridgehead atoms. The van der Waals surface area contributed by atoms with Gasteiger partial charge >= 0.3 is 5.69 Å². The lowest BCUT2D eigenvalue weighted by Crippen LogP contribution is -2.40. The zero-order chi connectivity index (χ0) is 22.4. The predicted molar refractivity (Wildman–Crippen MR) is 112 cm³/mol. The monoisotopic (exact) mass is 439 g/mol. The van der Waals surface area contributed by atoms with E-state index >= 15 is 0 Å². The molecule has 0 aliphatic rings. The molecule has 0 radical (unpaired) electrons. The first-order valence-corrected chi connectivity index (χ1v) is 9.67. The molecule has 1 heterocycles. The summed E-state index contributed by atoms with van der Waals surface area (Å²) in [5.41, 5.74) is 4.50. The van der Waals surface area contributed by atoms with Crippen LogP contribution >= 0.6 is 11.6 Å². The number of nitrogen functional groups attached to an aromatic ring is 1. The summed E-state index contributed by atoms with van der Waals surface area (Å²) in [7, 11) is 1.36. The van der Waals surface area contributed by atoms with Crippen LogP contribution in [0.4, 0.5) is 15.9 Å². The summed E-state index contributed by atoms with van der Waals surface area (Å²) in [5.74, 6) is -1.74. The molecule has 0 fully saturated rings. The minimum atomic E-state index is -0.775. The van der Waals surface area contributed by atoms with Gasteiger partial charge in [-0.25, -0.2) is 9.18 Å². The zero-order valence-corrected chi connectivity index (χ0v) is 17.4. The molecule has 2 rings (SSSR count). The van der Waals surface area contributed by atoms with Gasteiger partial charge < -0.3 is 16.0 Å². The van der Waals surface area contributed by atoms with Crippen molar-refractivity contribution in [1.29, 1.82) is 0 Å². The maximum absolute atomic E-state index is 13.1. The van der Waals surface area contributed by atoms with Crippen LogP contribution in [0.5, 0.6) is 0 Å². The van der Waals surface area contributed by atoms with Gasteiger partial charge in [0.15, 0.2) is 5.69 Å². The first-order chi connectivity index (χ1) is 14.2. The fourth-order valence-electron chi connectivity index (χ4n) is 2.78. The highest BCUT2D eigenvalue weighted by Gasteiger charge is 2.21. The smallest absolute Gasteiger partial charge is 0.330 e. The van der Waals surface area contributed by atoms with Crippen molar-refractivity contribution in [3.63, 3.8) is 0 Å². The standard InChI is InChI=1S/C19H23ClFN5O4/c1-3-4-9-26-16(22)15(18(29)24-19(26)30)25(2)14(27)7-8-23-17(28)12-6-5-11(21)10-13(12)20/h5-6,10H,3-4,7-9,22H2,1-2H3,(H,23,28)(H,24,29,30). The number of carbonyl (C=O) groups excluding carboxylic acids is 2. The maximum atomic E-state index is 13.1. The van der Waals surface area contributed by atoms with Gasteiger partial charge in [-0.1, -0.05) is 24.9 Å². The summed E-state index contributed by atoms with van der Waals surface area (Å²) < 4.78 is 14.3. The van der Waals surface area contributed by atoms with Crippen LogP contribution in [0.2, 0.25) is 5.02 Å². The Bertz CT molecular complexity index is 1070. The van der Waals surface area contributed by atoms with E-state index in [1.54, 1.807) is 0 Å². The van der Waals surface area contributed by atoms with Gasteiger partial charge in [0.2, 0.25) is 5.91 Å². The normalized spacial score (nSPS) is 10.7. The SMILES string of the molecule is CCCCn1c(N)c(N(C)C(=O)CCNC(=O)c2ccc(F)cc2Cl)c(=O)[nH]c1=O. The molecule has 2 amide bonds. The van der Waals surface area contributed by atoms with Crippen molar-refractivity contribution >= 4 is 34.9 Å². The summed E-state index contributed by atoms with van der Waals surface area (Å²) in [5, 5.41) is 2.46. The lowest BCUT2D eigenvalue weighted by Gasteiger charge is -2.20. The molecule has 1 aromatic heterocycles. The van der Waals surface area contributed by atoms with Crippen LogP contribution in [0.25, 0.3) is 0 Å². The van der Waals surface area contributed by atoms with Crippen LogP contribution in [-0.2, 0) is 11.3 Å². The number of nitrogens with one attached hydrogen (secondary N) is 2. The van der Waals surface area contributed by atoms with E-state index in [0.29, 0.717) is 13.0 Å². The summed E-state index contributed by atoms with van der Waals surface area (Å²) in [6.45, 7) is 2.20. The minimum absolute atomic E-state index is 0.0513. The number of aromatic amines is 1. The van der Waals surface area contributed by atoms with Crippen molar-refractivity contribution in [2.75, 3.05) is 24.2 Å². The molecule has 2 aromatic rings. The van der Waals surface area contributed by atoms with Gasteiger partial charge in [-0.05, 0) is 24.6 Å². The average Bonchev–Trinajstić information content (AvgIpc) is 2.67. The lowest BCUT2D eigenvalue weighted by atomic mass is 10.2. The molecule has 0 aliphatic heterocycles. The Hall–Kier alpha value is -3.14. The van der Waals surface area contributed by atoms with Crippen molar-refractivity contribution in [3.05, 3.63) is 55.4 Å². The third kappa shape index (κ3) is 5.26. The van der Waals surface area contributed by atoms with Gasteiger partial charge in [0.1, 0.15) is 11.6 Å². The number of nitrogens with two attached hydrogens (primary N) is 1. The fourth-order valence-corrected chi connectivity index (χ4v) is 3.04. The van der Waals surface area contributed by atoms with E-state index in [1.165, 1.54) is 17.7 Å². The predicted octanol–water partition coefficient (Wildman–Crippen LogP) is 1.49. The molecule has 30 heavy (non-hydrogen) atoms. The third-order valence-electron chi connectivity index (χ3n) is 4.46.